The average molecular weight is 165 g/mol. The van der Waals surface area contributed by atoms with Crippen molar-refractivity contribution >= 4 is 5.69 Å². The Hall–Kier alpha value is -1.29. The van der Waals surface area contributed by atoms with Crippen LogP contribution < -0.4 is 15.8 Å². The van der Waals surface area contributed by atoms with Crippen molar-refractivity contribution in [3.8, 4) is 5.88 Å². The third kappa shape index (κ3) is 1.21. The van der Waals surface area contributed by atoms with Gasteiger partial charge < -0.3 is 15.8 Å². The van der Waals surface area contributed by atoms with Crippen molar-refractivity contribution in [2.24, 2.45) is 5.73 Å². The van der Waals surface area contributed by atoms with Gasteiger partial charge in [-0.3, -0.25) is 0 Å². The van der Waals surface area contributed by atoms with Crippen LogP contribution in [0.4, 0.5) is 5.69 Å². The van der Waals surface area contributed by atoms with Crippen molar-refractivity contribution in [2.45, 2.75) is 6.10 Å². The summed E-state index contributed by atoms with van der Waals surface area (Å²) >= 11 is 0. The van der Waals surface area contributed by atoms with Crippen molar-refractivity contribution in [3.05, 3.63) is 18.3 Å². The van der Waals surface area contributed by atoms with Crippen LogP contribution in [-0.4, -0.2) is 24.2 Å². The molecule has 0 saturated heterocycles. The molecule has 1 atom stereocenters. The standard InChI is InChI=1S/C8H11N3O/c9-4-6-5-11-7-2-1-3-10-8(7)12-6/h1-3,6,11H,4-5,9H2. The minimum Gasteiger partial charge on any atom is -0.470 e. The quantitative estimate of drug-likeness (QED) is 0.624. The van der Waals surface area contributed by atoms with Crippen LogP contribution in [0, 0.1) is 0 Å². The molecular weight excluding hydrogens is 154 g/mol. The van der Waals surface area contributed by atoms with E-state index in [-0.39, 0.29) is 6.10 Å². The fourth-order valence-electron chi connectivity index (χ4n) is 1.17. The van der Waals surface area contributed by atoms with Gasteiger partial charge in [-0.15, -0.1) is 0 Å². The Morgan fingerprint density at radius 2 is 2.67 bits per heavy atom. The van der Waals surface area contributed by atoms with Crippen LogP contribution in [0.25, 0.3) is 0 Å². The van der Waals surface area contributed by atoms with Crippen LogP contribution in [0.5, 0.6) is 5.88 Å². The van der Waals surface area contributed by atoms with Crippen molar-refractivity contribution in [2.75, 3.05) is 18.4 Å². The summed E-state index contributed by atoms with van der Waals surface area (Å²) in [5.41, 5.74) is 6.41. The molecular formula is C8H11N3O. The molecule has 0 bridgehead atoms. The number of nitrogens with zero attached hydrogens (tertiary/aromatic N) is 1. The molecule has 1 aliphatic heterocycles. The molecule has 0 saturated carbocycles. The highest BCUT2D eigenvalue weighted by Crippen LogP contribution is 2.24. The van der Waals surface area contributed by atoms with Crippen molar-refractivity contribution in [1.29, 1.82) is 0 Å². The van der Waals surface area contributed by atoms with E-state index in [1.54, 1.807) is 6.20 Å². The number of pyridine rings is 1. The van der Waals surface area contributed by atoms with Crippen LogP contribution in [0.2, 0.25) is 0 Å². The summed E-state index contributed by atoms with van der Waals surface area (Å²) in [6, 6.07) is 3.81. The first-order valence-electron chi connectivity index (χ1n) is 3.96. The number of rotatable bonds is 1. The Labute approximate surface area is 70.7 Å². The van der Waals surface area contributed by atoms with Crippen molar-refractivity contribution in [1.82, 2.24) is 4.98 Å². The number of hydrogen-bond donors (Lipinski definition) is 2. The van der Waals surface area contributed by atoms with Gasteiger partial charge in [0.05, 0.1) is 12.2 Å². The lowest BCUT2D eigenvalue weighted by Gasteiger charge is -2.24. The van der Waals surface area contributed by atoms with Gasteiger partial charge in [0.15, 0.2) is 0 Å². The SMILES string of the molecule is NCC1CNc2cccnc2O1. The number of aromatic nitrogens is 1. The fourth-order valence-corrected chi connectivity index (χ4v) is 1.17. The van der Waals surface area contributed by atoms with E-state index >= 15 is 0 Å². The Morgan fingerprint density at radius 1 is 1.75 bits per heavy atom. The Kier molecular flexibility index (Phi) is 1.83. The summed E-state index contributed by atoms with van der Waals surface area (Å²) in [4.78, 5) is 4.08. The van der Waals surface area contributed by atoms with Gasteiger partial charge >= 0.3 is 0 Å². The van der Waals surface area contributed by atoms with E-state index in [2.05, 4.69) is 10.3 Å². The third-order valence-electron chi connectivity index (χ3n) is 1.83. The molecule has 1 unspecified atom stereocenters. The molecule has 12 heavy (non-hydrogen) atoms. The molecule has 0 aliphatic carbocycles. The molecule has 0 spiro atoms. The summed E-state index contributed by atoms with van der Waals surface area (Å²) in [5, 5.41) is 3.20. The van der Waals surface area contributed by atoms with Crippen LogP contribution in [0.15, 0.2) is 18.3 Å². The molecule has 3 N–H and O–H groups in total. The summed E-state index contributed by atoms with van der Waals surface area (Å²) in [6.07, 6.45) is 1.76. The molecule has 0 amide bonds. The fraction of sp³-hybridized carbons (Fsp3) is 0.375. The zero-order valence-corrected chi connectivity index (χ0v) is 6.66. The number of hydrogen-bond acceptors (Lipinski definition) is 4. The first-order valence-corrected chi connectivity index (χ1v) is 3.96. The molecule has 1 aromatic heterocycles. The zero-order chi connectivity index (χ0) is 8.39. The van der Waals surface area contributed by atoms with E-state index < -0.39 is 0 Å². The number of anilines is 1. The monoisotopic (exact) mass is 165 g/mol. The van der Waals surface area contributed by atoms with Gasteiger partial charge in [0, 0.05) is 12.7 Å². The maximum atomic E-state index is 5.48. The Balaban J connectivity index is 2.23. The number of fused-ring (bicyclic) bond motifs is 1. The van der Waals surface area contributed by atoms with Crippen molar-refractivity contribution in [3.63, 3.8) is 0 Å². The summed E-state index contributed by atoms with van der Waals surface area (Å²) < 4.78 is 5.48. The van der Waals surface area contributed by atoms with Gasteiger partial charge in [-0.2, -0.15) is 0 Å². The minimum atomic E-state index is 0.0485. The normalized spacial score (nSPS) is 20.6. The molecule has 2 heterocycles. The van der Waals surface area contributed by atoms with Gasteiger partial charge in [0.1, 0.15) is 6.10 Å². The second kappa shape index (κ2) is 2.98. The average Bonchev–Trinajstić information content (AvgIpc) is 2.17. The lowest BCUT2D eigenvalue weighted by Crippen LogP contribution is -2.37. The third-order valence-corrected chi connectivity index (χ3v) is 1.83. The second-order valence-electron chi connectivity index (χ2n) is 2.71. The predicted octanol–water partition coefficient (Wildman–Crippen LogP) is 0.213. The minimum absolute atomic E-state index is 0.0485. The molecule has 0 aromatic carbocycles. The molecule has 0 fully saturated rings. The highest BCUT2D eigenvalue weighted by molar-refractivity contribution is 5.53. The van der Waals surface area contributed by atoms with E-state index in [0.717, 1.165) is 12.2 Å². The van der Waals surface area contributed by atoms with Gasteiger partial charge in [0.2, 0.25) is 5.88 Å². The maximum absolute atomic E-state index is 5.48. The lowest BCUT2D eigenvalue weighted by atomic mass is 10.3. The first kappa shape index (κ1) is 7.36. The van der Waals surface area contributed by atoms with Gasteiger partial charge in [0.25, 0.3) is 0 Å². The van der Waals surface area contributed by atoms with Crippen molar-refractivity contribution < 1.29 is 4.74 Å². The predicted molar refractivity (Wildman–Crippen MR) is 46.2 cm³/mol. The van der Waals surface area contributed by atoms with Gasteiger partial charge in [-0.1, -0.05) is 0 Å². The molecule has 4 nitrogen and oxygen atoms in total. The van der Waals surface area contributed by atoms with E-state index in [0.29, 0.717) is 12.4 Å². The number of ether oxygens (including phenoxy) is 1. The Bertz CT molecular complexity index is 277. The molecule has 0 radical (unpaired) electrons. The molecule has 1 aliphatic rings. The first-order chi connectivity index (χ1) is 5.90. The molecule has 2 rings (SSSR count). The van der Waals surface area contributed by atoms with Gasteiger partial charge in [-0.25, -0.2) is 4.98 Å². The van der Waals surface area contributed by atoms with E-state index in [1.165, 1.54) is 0 Å². The second-order valence-corrected chi connectivity index (χ2v) is 2.71. The largest absolute Gasteiger partial charge is 0.470 e. The molecule has 4 heteroatoms. The zero-order valence-electron chi connectivity index (χ0n) is 6.66. The maximum Gasteiger partial charge on any atom is 0.237 e. The Morgan fingerprint density at radius 3 is 3.50 bits per heavy atom. The molecule has 1 aromatic rings. The number of nitrogens with one attached hydrogen (secondary N) is 1. The highest BCUT2D eigenvalue weighted by atomic mass is 16.5. The summed E-state index contributed by atoms with van der Waals surface area (Å²) in [7, 11) is 0. The van der Waals surface area contributed by atoms with Crippen LogP contribution in [0.3, 0.4) is 0 Å². The highest BCUT2D eigenvalue weighted by Gasteiger charge is 2.17. The molecule has 64 valence electrons. The van der Waals surface area contributed by atoms with Gasteiger partial charge in [-0.05, 0) is 12.1 Å². The summed E-state index contributed by atoms with van der Waals surface area (Å²) in [6.45, 7) is 1.28. The smallest absolute Gasteiger partial charge is 0.237 e. The lowest BCUT2D eigenvalue weighted by molar-refractivity contribution is 0.205. The van der Waals surface area contributed by atoms with E-state index in [4.69, 9.17) is 10.5 Å². The summed E-state index contributed by atoms with van der Waals surface area (Å²) in [5.74, 6) is 0.652. The van der Waals surface area contributed by atoms with Crippen LogP contribution >= 0.6 is 0 Å². The topological polar surface area (TPSA) is 60.2 Å². The van der Waals surface area contributed by atoms with E-state index in [9.17, 15) is 0 Å². The van der Waals surface area contributed by atoms with E-state index in [1.807, 2.05) is 12.1 Å². The number of nitrogens with two attached hydrogens (primary N) is 1. The van der Waals surface area contributed by atoms with Crippen LogP contribution in [-0.2, 0) is 0 Å². The van der Waals surface area contributed by atoms with Crippen LogP contribution in [0.1, 0.15) is 0 Å².